The monoisotopic (exact) mass is 512 g/mol. The van der Waals surface area contributed by atoms with Crippen LogP contribution in [0.15, 0.2) is 48.5 Å². The topological polar surface area (TPSA) is 67.8 Å². The zero-order valence-corrected chi connectivity index (χ0v) is 20.4. The summed E-state index contributed by atoms with van der Waals surface area (Å²) in [6.07, 6.45) is -0.811. The fourth-order valence-corrected chi connectivity index (χ4v) is 4.68. The Hall–Kier alpha value is -3.82. The molecular weight excluding hydrogens is 485 g/mol. The van der Waals surface area contributed by atoms with Gasteiger partial charge in [-0.3, -0.25) is 4.79 Å². The lowest BCUT2D eigenvalue weighted by Gasteiger charge is -2.32. The van der Waals surface area contributed by atoms with E-state index in [0.717, 1.165) is 43.8 Å². The molecule has 0 atom stereocenters. The number of rotatable bonds is 5. The number of anilines is 1. The molecular formula is C27H27F3N4O3. The number of aromatic nitrogens is 2. The van der Waals surface area contributed by atoms with E-state index in [1.807, 2.05) is 12.1 Å². The van der Waals surface area contributed by atoms with Gasteiger partial charge in [0.1, 0.15) is 0 Å². The fourth-order valence-electron chi connectivity index (χ4n) is 4.68. The van der Waals surface area contributed by atoms with Crippen molar-refractivity contribution in [3.63, 3.8) is 0 Å². The van der Waals surface area contributed by atoms with Crippen LogP contribution in [-0.4, -0.2) is 47.5 Å². The maximum absolute atomic E-state index is 13.2. The molecule has 1 aromatic heterocycles. The van der Waals surface area contributed by atoms with Crippen molar-refractivity contribution in [3.05, 3.63) is 70.9 Å². The second-order valence-electron chi connectivity index (χ2n) is 9.11. The van der Waals surface area contributed by atoms with Crippen LogP contribution in [0.5, 0.6) is 17.4 Å². The van der Waals surface area contributed by atoms with E-state index in [4.69, 9.17) is 19.4 Å². The van der Waals surface area contributed by atoms with Crippen LogP contribution in [0.1, 0.15) is 46.4 Å². The van der Waals surface area contributed by atoms with Gasteiger partial charge in [0, 0.05) is 31.6 Å². The van der Waals surface area contributed by atoms with E-state index in [9.17, 15) is 18.0 Å². The molecule has 0 N–H and O–H groups in total. The van der Waals surface area contributed by atoms with Gasteiger partial charge >= 0.3 is 6.18 Å². The number of hydrogen-bond donors (Lipinski definition) is 0. The van der Waals surface area contributed by atoms with Crippen molar-refractivity contribution in [1.29, 1.82) is 0 Å². The Kier molecular flexibility index (Phi) is 6.90. The standard InChI is InChI=1S/C27H27F3N4O3/c1-36-22-10-3-4-11-23(22)37-24-20-17-34(25(35)18-8-7-9-19(16-18)27(28,29)30)15-12-21(20)31-26(32-24)33-13-5-2-6-14-33/h3-4,7-11,16H,2,5-6,12-15,17H2,1H3. The molecule has 0 aliphatic carbocycles. The minimum Gasteiger partial charge on any atom is -0.493 e. The van der Waals surface area contributed by atoms with Crippen molar-refractivity contribution in [1.82, 2.24) is 14.9 Å². The van der Waals surface area contributed by atoms with E-state index in [0.29, 0.717) is 41.9 Å². The number of para-hydroxylation sites is 2. The SMILES string of the molecule is COc1ccccc1Oc1nc(N2CCCCC2)nc2c1CN(C(=O)c1cccc(C(F)(F)F)c1)CC2. The molecule has 1 amide bonds. The lowest BCUT2D eigenvalue weighted by atomic mass is 10.0. The summed E-state index contributed by atoms with van der Waals surface area (Å²) in [5, 5.41) is 0. The quantitative estimate of drug-likeness (QED) is 0.451. The first-order valence-electron chi connectivity index (χ1n) is 12.3. The lowest BCUT2D eigenvalue weighted by Crippen LogP contribution is -2.38. The zero-order valence-electron chi connectivity index (χ0n) is 20.4. The first-order valence-corrected chi connectivity index (χ1v) is 12.3. The van der Waals surface area contributed by atoms with E-state index in [1.165, 1.54) is 23.5 Å². The van der Waals surface area contributed by atoms with Gasteiger partial charge in [-0.15, -0.1) is 0 Å². The van der Waals surface area contributed by atoms with Crippen molar-refractivity contribution in [2.24, 2.45) is 0 Å². The number of ether oxygens (including phenoxy) is 2. The third-order valence-corrected chi connectivity index (χ3v) is 6.65. The van der Waals surface area contributed by atoms with Crippen molar-refractivity contribution >= 4 is 11.9 Å². The highest BCUT2D eigenvalue weighted by Crippen LogP contribution is 2.36. The summed E-state index contributed by atoms with van der Waals surface area (Å²) in [5.74, 6) is 1.41. The molecule has 2 aromatic carbocycles. The molecule has 0 saturated carbocycles. The van der Waals surface area contributed by atoms with Gasteiger partial charge in [-0.2, -0.15) is 18.2 Å². The Labute approximate surface area is 212 Å². The van der Waals surface area contributed by atoms with E-state index in [-0.39, 0.29) is 12.1 Å². The molecule has 1 saturated heterocycles. The third kappa shape index (κ3) is 5.33. The number of alkyl halides is 3. The number of carbonyl (C=O) groups is 1. The maximum Gasteiger partial charge on any atom is 0.416 e. The van der Waals surface area contributed by atoms with Crippen molar-refractivity contribution in [2.45, 2.75) is 38.4 Å². The average molecular weight is 513 g/mol. The summed E-state index contributed by atoms with van der Waals surface area (Å²) in [5.41, 5.74) is 0.536. The second-order valence-corrected chi connectivity index (χ2v) is 9.11. The van der Waals surface area contributed by atoms with Crippen LogP contribution in [0.4, 0.5) is 19.1 Å². The number of piperidine rings is 1. The molecule has 37 heavy (non-hydrogen) atoms. The van der Waals surface area contributed by atoms with Crippen molar-refractivity contribution in [2.75, 3.05) is 31.6 Å². The molecule has 0 radical (unpaired) electrons. The molecule has 5 rings (SSSR count). The average Bonchev–Trinajstić information content (AvgIpc) is 2.92. The Morgan fingerprint density at radius 1 is 0.946 bits per heavy atom. The van der Waals surface area contributed by atoms with Gasteiger partial charge in [-0.05, 0) is 49.6 Å². The Morgan fingerprint density at radius 2 is 1.70 bits per heavy atom. The van der Waals surface area contributed by atoms with Gasteiger partial charge in [0.15, 0.2) is 11.5 Å². The molecule has 1 fully saturated rings. The normalized spacial score (nSPS) is 15.8. The van der Waals surface area contributed by atoms with Crippen LogP contribution in [0.25, 0.3) is 0 Å². The highest BCUT2D eigenvalue weighted by Gasteiger charge is 2.33. The minimum atomic E-state index is -4.53. The van der Waals surface area contributed by atoms with E-state index < -0.39 is 17.6 Å². The smallest absolute Gasteiger partial charge is 0.416 e. The number of hydrogen-bond acceptors (Lipinski definition) is 6. The first-order chi connectivity index (χ1) is 17.8. The molecule has 10 heteroatoms. The summed E-state index contributed by atoms with van der Waals surface area (Å²) >= 11 is 0. The maximum atomic E-state index is 13.2. The number of fused-ring (bicyclic) bond motifs is 1. The van der Waals surface area contributed by atoms with Crippen molar-refractivity contribution in [3.8, 4) is 17.4 Å². The van der Waals surface area contributed by atoms with Gasteiger partial charge in [-0.25, -0.2) is 4.98 Å². The largest absolute Gasteiger partial charge is 0.493 e. The Morgan fingerprint density at radius 3 is 2.43 bits per heavy atom. The number of nitrogens with zero attached hydrogens (tertiary/aromatic N) is 4. The van der Waals surface area contributed by atoms with E-state index >= 15 is 0 Å². The predicted molar refractivity (Wildman–Crippen MR) is 131 cm³/mol. The first kappa shape index (κ1) is 24.9. The molecule has 0 spiro atoms. The van der Waals surface area contributed by atoms with Crippen LogP contribution in [0.3, 0.4) is 0 Å². The Bertz CT molecular complexity index is 1290. The van der Waals surface area contributed by atoms with Gasteiger partial charge < -0.3 is 19.3 Å². The number of methoxy groups -OCH3 is 1. The highest BCUT2D eigenvalue weighted by atomic mass is 19.4. The van der Waals surface area contributed by atoms with E-state index in [2.05, 4.69) is 4.90 Å². The summed E-state index contributed by atoms with van der Waals surface area (Å²) < 4.78 is 51.3. The predicted octanol–water partition coefficient (Wildman–Crippen LogP) is 5.49. The van der Waals surface area contributed by atoms with Gasteiger partial charge in [-0.1, -0.05) is 18.2 Å². The van der Waals surface area contributed by atoms with Gasteiger partial charge in [0.05, 0.1) is 30.5 Å². The van der Waals surface area contributed by atoms with Crippen LogP contribution < -0.4 is 14.4 Å². The molecule has 0 bridgehead atoms. The highest BCUT2D eigenvalue weighted by molar-refractivity contribution is 5.94. The van der Waals surface area contributed by atoms with Crippen LogP contribution in [0.2, 0.25) is 0 Å². The molecule has 2 aliphatic heterocycles. The molecule has 3 heterocycles. The summed E-state index contributed by atoms with van der Waals surface area (Å²) in [6, 6.07) is 11.7. The molecule has 2 aliphatic rings. The number of amides is 1. The van der Waals surface area contributed by atoms with E-state index in [1.54, 1.807) is 19.2 Å². The van der Waals surface area contributed by atoms with Crippen LogP contribution in [0, 0.1) is 0 Å². The fraction of sp³-hybridized carbons (Fsp3) is 0.370. The van der Waals surface area contributed by atoms with Gasteiger partial charge in [0.25, 0.3) is 5.91 Å². The van der Waals surface area contributed by atoms with Crippen molar-refractivity contribution < 1.29 is 27.4 Å². The van der Waals surface area contributed by atoms with Crippen LogP contribution in [-0.2, 0) is 19.1 Å². The lowest BCUT2D eigenvalue weighted by molar-refractivity contribution is -0.137. The molecule has 0 unspecified atom stereocenters. The number of halogens is 3. The molecule has 7 nitrogen and oxygen atoms in total. The molecule has 3 aromatic rings. The zero-order chi connectivity index (χ0) is 26.0. The minimum absolute atomic E-state index is 0.0173. The summed E-state index contributed by atoms with van der Waals surface area (Å²) in [6.45, 7) is 2.15. The summed E-state index contributed by atoms with van der Waals surface area (Å²) in [7, 11) is 1.55. The summed E-state index contributed by atoms with van der Waals surface area (Å²) in [4.78, 5) is 26.4. The number of benzene rings is 2. The number of carbonyl (C=O) groups excluding carboxylic acids is 1. The third-order valence-electron chi connectivity index (χ3n) is 6.65. The molecule has 194 valence electrons. The van der Waals surface area contributed by atoms with Gasteiger partial charge in [0.2, 0.25) is 11.8 Å². The Balaban J connectivity index is 1.49. The second kappa shape index (κ2) is 10.3. The van der Waals surface area contributed by atoms with Crippen LogP contribution >= 0.6 is 0 Å².